The number of oxazole rings is 1. The van der Waals surface area contributed by atoms with E-state index in [4.69, 9.17) is 4.42 Å². The molecule has 1 aromatic carbocycles. The van der Waals surface area contributed by atoms with E-state index in [1.807, 2.05) is 0 Å². The Kier molecular flexibility index (Phi) is 4.03. The average Bonchev–Trinajstić information content (AvgIpc) is 2.92. The van der Waals surface area contributed by atoms with E-state index in [1.165, 1.54) is 12.1 Å². The van der Waals surface area contributed by atoms with Gasteiger partial charge in [0.25, 0.3) is 0 Å². The fourth-order valence-corrected chi connectivity index (χ4v) is 2.80. The Labute approximate surface area is 124 Å². The zero-order chi connectivity index (χ0) is 14.8. The highest BCUT2D eigenvalue weighted by Gasteiger charge is 2.25. The summed E-state index contributed by atoms with van der Waals surface area (Å²) in [5.74, 6) is 0.191. The molecule has 21 heavy (non-hydrogen) atoms. The maximum Gasteiger partial charge on any atom is 0.226 e. The van der Waals surface area contributed by atoms with Crippen LogP contribution >= 0.6 is 0 Å². The van der Waals surface area contributed by atoms with Gasteiger partial charge < -0.3 is 9.73 Å². The minimum absolute atomic E-state index is 0.281. The predicted octanol–water partition coefficient (Wildman–Crippen LogP) is 2.66. The number of halogens is 1. The minimum atomic E-state index is -0.281. The van der Waals surface area contributed by atoms with Crippen molar-refractivity contribution < 1.29 is 8.81 Å². The minimum Gasteiger partial charge on any atom is -0.444 e. The van der Waals surface area contributed by atoms with Gasteiger partial charge >= 0.3 is 0 Å². The van der Waals surface area contributed by atoms with Crippen LogP contribution in [0.3, 0.4) is 0 Å². The highest BCUT2D eigenvalue weighted by molar-refractivity contribution is 5.52. The van der Waals surface area contributed by atoms with Gasteiger partial charge in [-0.05, 0) is 32.0 Å². The largest absolute Gasteiger partial charge is 0.444 e. The van der Waals surface area contributed by atoms with E-state index < -0.39 is 0 Å². The van der Waals surface area contributed by atoms with E-state index in [1.54, 1.807) is 18.4 Å². The van der Waals surface area contributed by atoms with Gasteiger partial charge in [-0.1, -0.05) is 6.07 Å². The van der Waals surface area contributed by atoms with E-state index in [9.17, 15) is 4.39 Å². The fourth-order valence-electron chi connectivity index (χ4n) is 2.80. The summed E-state index contributed by atoms with van der Waals surface area (Å²) in [4.78, 5) is 6.90. The second-order valence-electron chi connectivity index (χ2n) is 5.68. The molecule has 1 fully saturated rings. The van der Waals surface area contributed by atoms with Crippen molar-refractivity contribution in [1.29, 1.82) is 0 Å². The standard InChI is InChI=1S/C16H20FN3O/c1-11-7-18-8-12(2)20(11)9-15-10-21-16(19-15)13-4-3-5-14(17)6-13/h3-6,10-12,18H,7-9H2,1-2H3. The van der Waals surface area contributed by atoms with Crippen LogP contribution in [0, 0.1) is 5.82 Å². The molecule has 1 aliphatic rings. The summed E-state index contributed by atoms with van der Waals surface area (Å²) >= 11 is 0. The van der Waals surface area contributed by atoms with Crippen LogP contribution in [0.5, 0.6) is 0 Å². The van der Waals surface area contributed by atoms with Crippen molar-refractivity contribution in [3.63, 3.8) is 0 Å². The smallest absolute Gasteiger partial charge is 0.226 e. The molecule has 1 aromatic heterocycles. The van der Waals surface area contributed by atoms with E-state index in [0.29, 0.717) is 23.5 Å². The number of benzene rings is 1. The Morgan fingerprint density at radius 1 is 1.33 bits per heavy atom. The Morgan fingerprint density at radius 2 is 2.10 bits per heavy atom. The zero-order valence-corrected chi connectivity index (χ0v) is 12.3. The first kappa shape index (κ1) is 14.2. The summed E-state index contributed by atoms with van der Waals surface area (Å²) in [6.45, 7) is 7.13. The molecule has 0 radical (unpaired) electrons. The lowest BCUT2D eigenvalue weighted by molar-refractivity contribution is 0.107. The summed E-state index contributed by atoms with van der Waals surface area (Å²) in [7, 11) is 0. The van der Waals surface area contributed by atoms with Crippen molar-refractivity contribution in [2.75, 3.05) is 13.1 Å². The van der Waals surface area contributed by atoms with Crippen molar-refractivity contribution in [3.05, 3.63) is 42.0 Å². The molecule has 2 unspecified atom stereocenters. The molecular weight excluding hydrogens is 269 g/mol. The van der Waals surface area contributed by atoms with Crippen LogP contribution in [0.2, 0.25) is 0 Å². The maximum absolute atomic E-state index is 13.3. The van der Waals surface area contributed by atoms with Crippen LogP contribution < -0.4 is 5.32 Å². The quantitative estimate of drug-likeness (QED) is 0.943. The normalized spacial score (nSPS) is 23.4. The third kappa shape index (κ3) is 3.14. The molecular formula is C16H20FN3O. The number of aromatic nitrogens is 1. The Bertz CT molecular complexity index is 603. The Balaban J connectivity index is 1.76. The van der Waals surface area contributed by atoms with Gasteiger partial charge in [-0.3, -0.25) is 4.90 Å². The first-order chi connectivity index (χ1) is 10.1. The number of rotatable bonds is 3. The molecule has 0 amide bonds. The topological polar surface area (TPSA) is 41.3 Å². The summed E-state index contributed by atoms with van der Waals surface area (Å²) < 4.78 is 18.7. The average molecular weight is 289 g/mol. The third-order valence-electron chi connectivity index (χ3n) is 3.98. The van der Waals surface area contributed by atoms with Crippen LogP contribution in [0.1, 0.15) is 19.5 Å². The van der Waals surface area contributed by atoms with E-state index in [2.05, 4.69) is 29.0 Å². The molecule has 0 spiro atoms. The molecule has 1 N–H and O–H groups in total. The van der Waals surface area contributed by atoms with E-state index in [0.717, 1.165) is 25.3 Å². The lowest BCUT2D eigenvalue weighted by Crippen LogP contribution is -2.54. The van der Waals surface area contributed by atoms with Crippen LogP contribution in [0.15, 0.2) is 34.9 Å². The number of nitrogens with one attached hydrogen (secondary N) is 1. The van der Waals surface area contributed by atoms with Crippen LogP contribution in [-0.2, 0) is 6.54 Å². The van der Waals surface area contributed by atoms with Crippen molar-refractivity contribution >= 4 is 0 Å². The highest BCUT2D eigenvalue weighted by atomic mass is 19.1. The fraction of sp³-hybridized carbons (Fsp3) is 0.438. The molecule has 0 saturated carbocycles. The summed E-state index contributed by atoms with van der Waals surface area (Å²) in [5.41, 5.74) is 1.55. The van der Waals surface area contributed by atoms with Gasteiger partial charge in [0, 0.05) is 37.3 Å². The first-order valence-electron chi connectivity index (χ1n) is 7.30. The molecule has 3 rings (SSSR count). The molecule has 2 heterocycles. The van der Waals surface area contributed by atoms with Crippen LogP contribution in [0.25, 0.3) is 11.5 Å². The van der Waals surface area contributed by atoms with Crippen LogP contribution in [0.4, 0.5) is 4.39 Å². The molecule has 1 aliphatic heterocycles. The molecule has 0 aliphatic carbocycles. The van der Waals surface area contributed by atoms with Crippen molar-refractivity contribution in [2.24, 2.45) is 0 Å². The monoisotopic (exact) mass is 289 g/mol. The number of hydrogen-bond donors (Lipinski definition) is 1. The summed E-state index contributed by atoms with van der Waals surface area (Å²) in [6.07, 6.45) is 1.67. The van der Waals surface area contributed by atoms with Crippen molar-refractivity contribution in [1.82, 2.24) is 15.2 Å². The van der Waals surface area contributed by atoms with Crippen LogP contribution in [-0.4, -0.2) is 35.1 Å². The molecule has 2 aromatic rings. The second-order valence-corrected chi connectivity index (χ2v) is 5.68. The van der Waals surface area contributed by atoms with Gasteiger partial charge in [0.15, 0.2) is 0 Å². The van der Waals surface area contributed by atoms with Gasteiger partial charge in [0.1, 0.15) is 12.1 Å². The lowest BCUT2D eigenvalue weighted by atomic mass is 10.1. The predicted molar refractivity (Wildman–Crippen MR) is 79.2 cm³/mol. The van der Waals surface area contributed by atoms with Gasteiger partial charge in [-0.25, -0.2) is 9.37 Å². The second kappa shape index (κ2) is 5.95. The van der Waals surface area contributed by atoms with Gasteiger partial charge in [-0.2, -0.15) is 0 Å². The van der Waals surface area contributed by atoms with E-state index >= 15 is 0 Å². The van der Waals surface area contributed by atoms with Crippen molar-refractivity contribution in [3.8, 4) is 11.5 Å². The maximum atomic E-state index is 13.3. The first-order valence-corrected chi connectivity index (χ1v) is 7.30. The zero-order valence-electron chi connectivity index (χ0n) is 12.3. The van der Waals surface area contributed by atoms with Gasteiger partial charge in [0.05, 0.1) is 5.69 Å². The molecule has 5 heteroatoms. The van der Waals surface area contributed by atoms with E-state index in [-0.39, 0.29) is 5.82 Å². The summed E-state index contributed by atoms with van der Waals surface area (Å²) in [6, 6.07) is 7.23. The SMILES string of the molecule is CC1CNCC(C)N1Cc1coc(-c2cccc(F)c2)n1. The third-order valence-corrected chi connectivity index (χ3v) is 3.98. The molecule has 2 atom stereocenters. The Hall–Kier alpha value is -1.72. The molecule has 112 valence electrons. The molecule has 1 saturated heterocycles. The number of hydrogen-bond acceptors (Lipinski definition) is 4. The highest BCUT2D eigenvalue weighted by Crippen LogP contribution is 2.21. The number of piperazine rings is 1. The van der Waals surface area contributed by atoms with Gasteiger partial charge in [0.2, 0.25) is 5.89 Å². The molecule has 4 nitrogen and oxygen atoms in total. The Morgan fingerprint density at radius 3 is 2.81 bits per heavy atom. The molecule has 0 bridgehead atoms. The van der Waals surface area contributed by atoms with Gasteiger partial charge in [-0.15, -0.1) is 0 Å². The summed E-state index contributed by atoms with van der Waals surface area (Å²) in [5, 5.41) is 3.41. The van der Waals surface area contributed by atoms with Crippen molar-refractivity contribution in [2.45, 2.75) is 32.5 Å². The lowest BCUT2D eigenvalue weighted by Gasteiger charge is -2.38. The number of nitrogens with zero attached hydrogens (tertiary/aromatic N) is 2.